The lowest BCUT2D eigenvalue weighted by molar-refractivity contribution is 0.0319. The Morgan fingerprint density at radius 2 is 1.54 bits per heavy atom. The quantitative estimate of drug-likeness (QED) is 0.441. The van der Waals surface area contributed by atoms with Crippen molar-refractivity contribution in [2.24, 2.45) is 0 Å². The Hall–Kier alpha value is -2.32. The van der Waals surface area contributed by atoms with E-state index in [1.54, 1.807) is 36.0 Å². The Kier molecular flexibility index (Phi) is 6.44. The first-order chi connectivity index (χ1) is 12.2. The van der Waals surface area contributed by atoms with E-state index in [2.05, 4.69) is 4.72 Å². The number of thioether (sulfide) groups is 1. The van der Waals surface area contributed by atoms with Gasteiger partial charge in [-0.05, 0) is 61.7 Å². The average molecular weight is 393 g/mol. The van der Waals surface area contributed by atoms with E-state index in [0.717, 1.165) is 11.2 Å². The Morgan fingerprint density at radius 1 is 1.00 bits per heavy atom. The van der Waals surface area contributed by atoms with Crippen LogP contribution in [0.15, 0.2) is 53.4 Å². The van der Waals surface area contributed by atoms with Crippen LogP contribution in [-0.4, -0.2) is 38.8 Å². The molecule has 0 aromatic heterocycles. The third-order valence-corrected chi connectivity index (χ3v) is 4.80. The highest BCUT2D eigenvalue weighted by atomic mass is 32.2. The second-order valence-electron chi connectivity index (χ2n) is 5.59. The van der Waals surface area contributed by atoms with Gasteiger partial charge in [0.2, 0.25) is 15.8 Å². The normalized spacial score (nSPS) is 12.3. The minimum Gasteiger partial charge on any atom is -0.451 e. The molecule has 0 aliphatic carbocycles. The number of ketones is 1. The van der Waals surface area contributed by atoms with Crippen molar-refractivity contribution in [3.05, 3.63) is 59.7 Å². The highest BCUT2D eigenvalue weighted by Crippen LogP contribution is 2.17. The summed E-state index contributed by atoms with van der Waals surface area (Å²) < 4.78 is 29.9. The summed E-state index contributed by atoms with van der Waals surface area (Å²) in [6.07, 6.45) is 2.01. The molecule has 138 valence electrons. The highest BCUT2D eigenvalue weighted by Gasteiger charge is 2.20. The first kappa shape index (κ1) is 20.0. The summed E-state index contributed by atoms with van der Waals surface area (Å²) in [6, 6.07) is 12.8. The molecule has 2 aromatic rings. The van der Waals surface area contributed by atoms with Crippen molar-refractivity contribution in [1.29, 1.82) is 0 Å². The number of nitrogens with one attached hydrogen (secondary N) is 1. The Morgan fingerprint density at radius 3 is 2.04 bits per heavy atom. The molecule has 0 fully saturated rings. The van der Waals surface area contributed by atoms with Crippen molar-refractivity contribution < 1.29 is 22.7 Å². The van der Waals surface area contributed by atoms with E-state index >= 15 is 0 Å². The van der Waals surface area contributed by atoms with Gasteiger partial charge in [-0.3, -0.25) is 9.52 Å². The second-order valence-corrected chi connectivity index (χ2v) is 8.22. The molecule has 0 bridgehead atoms. The van der Waals surface area contributed by atoms with Gasteiger partial charge in [-0.15, -0.1) is 11.8 Å². The summed E-state index contributed by atoms with van der Waals surface area (Å²) in [6.45, 7) is 1.50. The molecule has 0 unspecified atom stereocenters. The number of carbonyl (C=O) groups excluding carboxylic acids is 2. The third-order valence-electron chi connectivity index (χ3n) is 3.45. The van der Waals surface area contributed by atoms with Gasteiger partial charge >= 0.3 is 5.97 Å². The summed E-state index contributed by atoms with van der Waals surface area (Å²) in [5.74, 6) is -0.946. The van der Waals surface area contributed by atoms with Gasteiger partial charge in [0.15, 0.2) is 6.10 Å². The van der Waals surface area contributed by atoms with Gasteiger partial charge in [0.25, 0.3) is 0 Å². The van der Waals surface area contributed by atoms with E-state index in [1.165, 1.54) is 31.2 Å². The first-order valence-electron chi connectivity index (χ1n) is 7.66. The summed E-state index contributed by atoms with van der Waals surface area (Å²) in [7, 11) is -3.38. The molecule has 0 amide bonds. The molecule has 0 saturated heterocycles. The molecule has 2 aromatic carbocycles. The molecule has 0 saturated carbocycles. The number of hydrogen-bond donors (Lipinski definition) is 1. The van der Waals surface area contributed by atoms with Crippen LogP contribution in [-0.2, 0) is 14.8 Å². The fourth-order valence-electron chi connectivity index (χ4n) is 2.16. The number of esters is 1. The van der Waals surface area contributed by atoms with Gasteiger partial charge in [0.1, 0.15) is 0 Å². The number of rotatable bonds is 7. The Bertz CT molecular complexity index is 890. The van der Waals surface area contributed by atoms with Crippen molar-refractivity contribution in [2.75, 3.05) is 17.2 Å². The molecule has 26 heavy (non-hydrogen) atoms. The van der Waals surface area contributed by atoms with Gasteiger partial charge in [-0.1, -0.05) is 0 Å². The summed E-state index contributed by atoms with van der Waals surface area (Å²) >= 11 is 1.56. The smallest absolute Gasteiger partial charge is 0.338 e. The van der Waals surface area contributed by atoms with Crippen molar-refractivity contribution >= 4 is 39.2 Å². The zero-order valence-electron chi connectivity index (χ0n) is 14.6. The standard InChI is InChI=1S/C18H19NO5S2/c1-12(24-18(21)14-6-10-16(25-2)11-7-14)17(20)13-4-8-15(9-5-13)19-26(3,22)23/h4-12,19H,1-3H3/t12-/m0/s1. The zero-order chi connectivity index (χ0) is 19.3. The number of ether oxygens (including phenoxy) is 1. The maximum atomic E-state index is 12.4. The molecule has 0 radical (unpaired) electrons. The van der Waals surface area contributed by atoms with E-state index in [9.17, 15) is 18.0 Å². The highest BCUT2D eigenvalue weighted by molar-refractivity contribution is 7.98. The summed E-state index contributed by atoms with van der Waals surface area (Å²) in [4.78, 5) is 25.6. The molecule has 6 nitrogen and oxygen atoms in total. The monoisotopic (exact) mass is 393 g/mol. The average Bonchev–Trinajstić information content (AvgIpc) is 2.60. The first-order valence-corrected chi connectivity index (χ1v) is 10.8. The van der Waals surface area contributed by atoms with Gasteiger partial charge in [0, 0.05) is 16.1 Å². The van der Waals surface area contributed by atoms with Crippen molar-refractivity contribution in [3.8, 4) is 0 Å². The van der Waals surface area contributed by atoms with Crippen LogP contribution >= 0.6 is 11.8 Å². The largest absolute Gasteiger partial charge is 0.451 e. The number of sulfonamides is 1. The minimum atomic E-state index is -3.38. The van der Waals surface area contributed by atoms with E-state index < -0.39 is 22.1 Å². The fraction of sp³-hybridized carbons (Fsp3) is 0.222. The molecule has 8 heteroatoms. The second kappa shape index (κ2) is 8.37. The predicted molar refractivity (Wildman–Crippen MR) is 102 cm³/mol. The zero-order valence-corrected chi connectivity index (χ0v) is 16.2. The van der Waals surface area contributed by atoms with Crippen LogP contribution < -0.4 is 4.72 Å². The molecular weight excluding hydrogens is 374 g/mol. The Labute approximate surface area is 157 Å². The van der Waals surface area contributed by atoms with Crippen molar-refractivity contribution in [2.45, 2.75) is 17.9 Å². The lowest BCUT2D eigenvalue weighted by atomic mass is 10.1. The SMILES string of the molecule is CSc1ccc(C(=O)O[C@@H](C)C(=O)c2ccc(NS(C)(=O)=O)cc2)cc1. The molecular formula is C18H19NO5S2. The number of anilines is 1. The minimum absolute atomic E-state index is 0.321. The molecule has 0 aliphatic heterocycles. The topological polar surface area (TPSA) is 89.5 Å². The third kappa shape index (κ3) is 5.60. The summed E-state index contributed by atoms with van der Waals surface area (Å²) in [5.41, 5.74) is 1.04. The summed E-state index contributed by atoms with van der Waals surface area (Å²) in [5, 5.41) is 0. The van der Waals surface area contributed by atoms with Crippen molar-refractivity contribution in [1.82, 2.24) is 0 Å². The lowest BCUT2D eigenvalue weighted by Crippen LogP contribution is -2.24. The number of benzene rings is 2. The van der Waals surface area contributed by atoms with Crippen LogP contribution in [0.1, 0.15) is 27.6 Å². The van der Waals surface area contributed by atoms with Crippen LogP contribution in [0, 0.1) is 0 Å². The fourth-order valence-corrected chi connectivity index (χ4v) is 3.13. The predicted octanol–water partition coefficient (Wildman–Crippen LogP) is 3.21. The molecule has 1 N–H and O–H groups in total. The number of carbonyl (C=O) groups is 2. The number of Topliss-reactive ketones (excluding diaryl/α,β-unsaturated/α-hetero) is 1. The van der Waals surface area contributed by atoms with Crippen LogP contribution in [0.25, 0.3) is 0 Å². The molecule has 0 spiro atoms. The van der Waals surface area contributed by atoms with E-state index in [4.69, 9.17) is 4.74 Å². The van der Waals surface area contributed by atoms with E-state index in [-0.39, 0.29) is 5.78 Å². The molecule has 1 atom stereocenters. The van der Waals surface area contributed by atoms with Crippen LogP contribution in [0.2, 0.25) is 0 Å². The van der Waals surface area contributed by atoms with Gasteiger partial charge in [-0.25, -0.2) is 13.2 Å². The van der Waals surface area contributed by atoms with Gasteiger partial charge in [0.05, 0.1) is 11.8 Å². The van der Waals surface area contributed by atoms with E-state index in [0.29, 0.717) is 16.8 Å². The maximum absolute atomic E-state index is 12.4. The van der Waals surface area contributed by atoms with Gasteiger partial charge < -0.3 is 4.74 Å². The molecule has 0 heterocycles. The van der Waals surface area contributed by atoms with Crippen LogP contribution in [0.4, 0.5) is 5.69 Å². The molecule has 2 rings (SSSR count). The maximum Gasteiger partial charge on any atom is 0.338 e. The number of hydrogen-bond acceptors (Lipinski definition) is 6. The van der Waals surface area contributed by atoms with Crippen LogP contribution in [0.3, 0.4) is 0 Å². The van der Waals surface area contributed by atoms with Crippen molar-refractivity contribution in [3.63, 3.8) is 0 Å². The van der Waals surface area contributed by atoms with Crippen LogP contribution in [0.5, 0.6) is 0 Å². The van der Waals surface area contributed by atoms with Gasteiger partial charge in [-0.2, -0.15) is 0 Å². The van der Waals surface area contributed by atoms with E-state index in [1.807, 2.05) is 6.26 Å². The molecule has 0 aliphatic rings. The lowest BCUT2D eigenvalue weighted by Gasteiger charge is -2.13. The Balaban J connectivity index is 2.03.